The van der Waals surface area contributed by atoms with Crippen LogP contribution >= 0.6 is 0 Å². The molecule has 3 rings (SSSR count). The van der Waals surface area contributed by atoms with Gasteiger partial charge >= 0.3 is 0 Å². The Kier molecular flexibility index (Phi) is 3.73. The van der Waals surface area contributed by atoms with E-state index in [1.807, 2.05) is 48.5 Å². The number of benzene rings is 2. The van der Waals surface area contributed by atoms with Gasteiger partial charge in [-0.1, -0.05) is 36.4 Å². The maximum atomic E-state index is 11.4. The number of aliphatic hydroxyl groups excluding tert-OH is 1. The van der Waals surface area contributed by atoms with Gasteiger partial charge in [0.15, 0.2) is 0 Å². The molecule has 1 N–H and O–H groups in total. The van der Waals surface area contributed by atoms with Crippen molar-refractivity contribution in [2.75, 3.05) is 7.11 Å². The summed E-state index contributed by atoms with van der Waals surface area (Å²) in [4.78, 5) is 13.2. The van der Waals surface area contributed by atoms with Gasteiger partial charge in [-0.15, -0.1) is 0 Å². The lowest BCUT2D eigenvalue weighted by molar-refractivity contribution is -0.116. The van der Waals surface area contributed by atoms with E-state index in [1.54, 1.807) is 12.0 Å². The van der Waals surface area contributed by atoms with E-state index >= 15 is 0 Å². The topological polar surface area (TPSA) is 49.8 Å². The number of ether oxygens (including phenoxy) is 1. The molecular formula is C17H17NO3. The molecule has 21 heavy (non-hydrogen) atoms. The van der Waals surface area contributed by atoms with Gasteiger partial charge in [0.25, 0.3) is 0 Å². The Balaban J connectivity index is 1.86. The van der Waals surface area contributed by atoms with Gasteiger partial charge in [0.2, 0.25) is 0 Å². The van der Waals surface area contributed by atoms with E-state index in [9.17, 15) is 9.90 Å². The minimum atomic E-state index is -0.751. The molecule has 0 fully saturated rings. The SMILES string of the molecule is COc1ccc(CN2C(O)c3ccccc3C2C=O)cc1. The standard InChI is InChI=1S/C17H17NO3/c1-21-13-8-6-12(7-9-13)10-18-16(11-19)14-4-2-3-5-15(14)17(18)20/h2-9,11,16-17,20H,10H2,1H3. The van der Waals surface area contributed by atoms with Crippen LogP contribution in [-0.2, 0) is 11.3 Å². The molecule has 1 aliphatic rings. The molecule has 4 nitrogen and oxygen atoms in total. The van der Waals surface area contributed by atoms with Crippen molar-refractivity contribution in [1.82, 2.24) is 4.90 Å². The van der Waals surface area contributed by atoms with Crippen molar-refractivity contribution >= 4 is 6.29 Å². The fourth-order valence-electron chi connectivity index (χ4n) is 2.80. The summed E-state index contributed by atoms with van der Waals surface area (Å²) in [6, 6.07) is 14.8. The lowest BCUT2D eigenvalue weighted by atomic mass is 10.1. The number of fused-ring (bicyclic) bond motifs is 1. The lowest BCUT2D eigenvalue weighted by Crippen LogP contribution is -2.26. The van der Waals surface area contributed by atoms with Gasteiger partial charge in [-0.2, -0.15) is 0 Å². The van der Waals surface area contributed by atoms with Crippen LogP contribution in [0.5, 0.6) is 5.75 Å². The van der Waals surface area contributed by atoms with Crippen molar-refractivity contribution in [2.24, 2.45) is 0 Å². The molecule has 2 unspecified atom stereocenters. The third-order valence-electron chi connectivity index (χ3n) is 3.92. The number of carbonyl (C=O) groups excluding carboxylic acids is 1. The molecule has 0 saturated heterocycles. The summed E-state index contributed by atoms with van der Waals surface area (Å²) in [6.45, 7) is 0.503. The molecule has 1 heterocycles. The second-order valence-corrected chi connectivity index (χ2v) is 5.10. The van der Waals surface area contributed by atoms with E-state index < -0.39 is 12.3 Å². The first-order valence-corrected chi connectivity index (χ1v) is 6.85. The quantitative estimate of drug-likeness (QED) is 0.876. The summed E-state index contributed by atoms with van der Waals surface area (Å²) in [6.07, 6.45) is 0.136. The number of carbonyl (C=O) groups is 1. The van der Waals surface area contributed by atoms with Crippen LogP contribution in [-0.4, -0.2) is 23.4 Å². The maximum Gasteiger partial charge on any atom is 0.141 e. The summed E-state index contributed by atoms with van der Waals surface area (Å²) < 4.78 is 5.13. The number of hydrogen-bond donors (Lipinski definition) is 1. The zero-order valence-corrected chi connectivity index (χ0v) is 11.8. The van der Waals surface area contributed by atoms with Crippen LogP contribution in [0.4, 0.5) is 0 Å². The van der Waals surface area contributed by atoms with Crippen molar-refractivity contribution in [1.29, 1.82) is 0 Å². The van der Waals surface area contributed by atoms with E-state index in [0.717, 1.165) is 28.7 Å². The Hall–Kier alpha value is -2.17. The molecule has 1 aliphatic heterocycles. The molecule has 0 amide bonds. The van der Waals surface area contributed by atoms with Crippen LogP contribution < -0.4 is 4.74 Å². The molecule has 0 spiro atoms. The van der Waals surface area contributed by atoms with Gasteiger partial charge < -0.3 is 14.6 Å². The minimum absolute atomic E-state index is 0.404. The first-order valence-electron chi connectivity index (χ1n) is 6.85. The van der Waals surface area contributed by atoms with Crippen molar-refractivity contribution in [2.45, 2.75) is 18.8 Å². The molecule has 2 aromatic rings. The van der Waals surface area contributed by atoms with Crippen LogP contribution in [0.2, 0.25) is 0 Å². The number of aliphatic hydroxyl groups is 1. The van der Waals surface area contributed by atoms with Gasteiger partial charge in [-0.3, -0.25) is 4.90 Å². The summed E-state index contributed by atoms with van der Waals surface area (Å²) in [7, 11) is 1.62. The van der Waals surface area contributed by atoms with E-state index in [0.29, 0.717) is 6.54 Å². The van der Waals surface area contributed by atoms with Crippen LogP contribution in [0, 0.1) is 0 Å². The van der Waals surface area contributed by atoms with Crippen LogP contribution in [0.1, 0.15) is 29.0 Å². The molecule has 108 valence electrons. The highest BCUT2D eigenvalue weighted by atomic mass is 16.5. The third kappa shape index (κ3) is 2.44. The number of hydrogen-bond acceptors (Lipinski definition) is 4. The molecule has 0 aliphatic carbocycles. The average Bonchev–Trinajstić information content (AvgIpc) is 2.80. The van der Waals surface area contributed by atoms with Crippen molar-refractivity contribution in [3.05, 3.63) is 65.2 Å². The summed E-state index contributed by atoms with van der Waals surface area (Å²) in [5, 5.41) is 10.4. The van der Waals surface area contributed by atoms with Gasteiger partial charge in [0, 0.05) is 12.1 Å². The Morgan fingerprint density at radius 3 is 2.43 bits per heavy atom. The Labute approximate surface area is 123 Å². The van der Waals surface area contributed by atoms with Crippen LogP contribution in [0.15, 0.2) is 48.5 Å². The molecule has 2 atom stereocenters. The highest BCUT2D eigenvalue weighted by Gasteiger charge is 2.36. The smallest absolute Gasteiger partial charge is 0.141 e. The number of methoxy groups -OCH3 is 1. The van der Waals surface area contributed by atoms with Crippen molar-refractivity contribution < 1.29 is 14.6 Å². The zero-order valence-electron chi connectivity index (χ0n) is 11.8. The van der Waals surface area contributed by atoms with E-state index in [4.69, 9.17) is 4.74 Å². The number of aldehydes is 1. The first-order chi connectivity index (χ1) is 10.2. The average molecular weight is 283 g/mol. The van der Waals surface area contributed by atoms with Gasteiger partial charge in [0.05, 0.1) is 13.2 Å². The highest BCUT2D eigenvalue weighted by molar-refractivity contribution is 5.65. The van der Waals surface area contributed by atoms with Crippen molar-refractivity contribution in [3.63, 3.8) is 0 Å². The zero-order chi connectivity index (χ0) is 14.8. The van der Waals surface area contributed by atoms with Crippen LogP contribution in [0.3, 0.4) is 0 Å². The largest absolute Gasteiger partial charge is 0.497 e. The van der Waals surface area contributed by atoms with E-state index in [2.05, 4.69) is 0 Å². The Morgan fingerprint density at radius 2 is 1.81 bits per heavy atom. The predicted octanol–water partition coefficient (Wildman–Crippen LogP) is 2.44. The minimum Gasteiger partial charge on any atom is -0.497 e. The summed E-state index contributed by atoms with van der Waals surface area (Å²) in [5.41, 5.74) is 2.71. The Morgan fingerprint density at radius 1 is 1.14 bits per heavy atom. The first kappa shape index (κ1) is 13.8. The van der Waals surface area contributed by atoms with Gasteiger partial charge in [-0.25, -0.2) is 0 Å². The predicted molar refractivity (Wildman–Crippen MR) is 78.7 cm³/mol. The molecule has 0 radical (unpaired) electrons. The lowest BCUT2D eigenvalue weighted by Gasteiger charge is -2.24. The van der Waals surface area contributed by atoms with Gasteiger partial charge in [-0.05, 0) is 23.3 Å². The van der Waals surface area contributed by atoms with Crippen molar-refractivity contribution in [3.8, 4) is 5.75 Å². The highest BCUT2D eigenvalue weighted by Crippen LogP contribution is 2.40. The van der Waals surface area contributed by atoms with E-state index in [1.165, 1.54) is 0 Å². The second kappa shape index (κ2) is 5.68. The Bertz CT molecular complexity index is 639. The summed E-state index contributed by atoms with van der Waals surface area (Å²) >= 11 is 0. The molecule has 0 bridgehead atoms. The fourth-order valence-corrected chi connectivity index (χ4v) is 2.80. The monoisotopic (exact) mass is 283 g/mol. The van der Waals surface area contributed by atoms with Crippen LogP contribution in [0.25, 0.3) is 0 Å². The molecule has 4 heteroatoms. The molecular weight excluding hydrogens is 266 g/mol. The normalized spacial score (nSPS) is 21.0. The molecule has 0 saturated carbocycles. The number of nitrogens with zero attached hydrogens (tertiary/aromatic N) is 1. The van der Waals surface area contributed by atoms with E-state index in [-0.39, 0.29) is 0 Å². The van der Waals surface area contributed by atoms with Gasteiger partial charge in [0.1, 0.15) is 18.3 Å². The fraction of sp³-hybridized carbons (Fsp3) is 0.235. The molecule has 2 aromatic carbocycles. The summed E-state index contributed by atoms with van der Waals surface area (Å²) in [5.74, 6) is 0.788. The molecule has 0 aromatic heterocycles. The second-order valence-electron chi connectivity index (χ2n) is 5.10. The maximum absolute atomic E-state index is 11.4. The number of rotatable bonds is 4. The third-order valence-corrected chi connectivity index (χ3v) is 3.92.